The van der Waals surface area contributed by atoms with Crippen molar-refractivity contribution in [1.82, 2.24) is 4.90 Å². The van der Waals surface area contributed by atoms with Gasteiger partial charge < -0.3 is 4.74 Å². The largest absolute Gasteiger partial charge is 0.379 e. The molecule has 1 saturated heterocycles. The second-order valence-electron chi connectivity index (χ2n) is 4.49. The van der Waals surface area contributed by atoms with Gasteiger partial charge in [0.05, 0.1) is 19.3 Å². The van der Waals surface area contributed by atoms with E-state index >= 15 is 0 Å². The molecular weight excluding hydrogens is 212 g/mol. The summed E-state index contributed by atoms with van der Waals surface area (Å²) in [6, 6.07) is 8.50. The highest BCUT2D eigenvalue weighted by molar-refractivity contribution is 5.39. The maximum absolute atomic E-state index is 9.45. The molecule has 17 heavy (non-hydrogen) atoms. The van der Waals surface area contributed by atoms with Crippen LogP contribution < -0.4 is 0 Å². The first-order chi connectivity index (χ1) is 8.24. The standard InChI is InChI=1S/C14H18N2O/c1-11-4-3-5-12(2)14(11)13(10-15)16-6-8-17-9-7-16/h3-5,13H,6-9H2,1-2H3. The summed E-state index contributed by atoms with van der Waals surface area (Å²) < 4.78 is 5.34. The van der Waals surface area contributed by atoms with Crippen LogP contribution in [0, 0.1) is 25.2 Å². The van der Waals surface area contributed by atoms with Crippen LogP contribution >= 0.6 is 0 Å². The average molecular weight is 230 g/mol. The Balaban J connectivity index is 2.32. The number of rotatable bonds is 2. The van der Waals surface area contributed by atoms with E-state index in [2.05, 4.69) is 36.9 Å². The van der Waals surface area contributed by atoms with Crippen LogP contribution in [-0.4, -0.2) is 31.2 Å². The molecule has 2 rings (SSSR count). The third kappa shape index (κ3) is 2.49. The van der Waals surface area contributed by atoms with Crippen LogP contribution in [0.25, 0.3) is 0 Å². The minimum atomic E-state index is -0.139. The van der Waals surface area contributed by atoms with Crippen LogP contribution in [0.15, 0.2) is 18.2 Å². The molecule has 0 bridgehead atoms. The molecule has 1 heterocycles. The summed E-state index contributed by atoms with van der Waals surface area (Å²) in [5.74, 6) is 0. The smallest absolute Gasteiger partial charge is 0.124 e. The van der Waals surface area contributed by atoms with Gasteiger partial charge in [0, 0.05) is 13.1 Å². The number of nitrogens with zero attached hydrogens (tertiary/aromatic N) is 2. The lowest BCUT2D eigenvalue weighted by atomic mass is 9.95. The van der Waals surface area contributed by atoms with E-state index in [9.17, 15) is 5.26 Å². The zero-order chi connectivity index (χ0) is 12.3. The van der Waals surface area contributed by atoms with Crippen molar-refractivity contribution < 1.29 is 4.74 Å². The molecule has 0 amide bonds. The van der Waals surface area contributed by atoms with E-state index in [-0.39, 0.29) is 6.04 Å². The zero-order valence-corrected chi connectivity index (χ0v) is 10.4. The predicted molar refractivity (Wildman–Crippen MR) is 66.7 cm³/mol. The molecular formula is C14H18N2O. The van der Waals surface area contributed by atoms with Gasteiger partial charge in [-0.1, -0.05) is 18.2 Å². The van der Waals surface area contributed by atoms with Crippen LogP contribution in [0.5, 0.6) is 0 Å². The van der Waals surface area contributed by atoms with Crippen molar-refractivity contribution in [3.05, 3.63) is 34.9 Å². The normalized spacial score (nSPS) is 18.6. The van der Waals surface area contributed by atoms with Crippen molar-refractivity contribution in [3.63, 3.8) is 0 Å². The summed E-state index contributed by atoms with van der Waals surface area (Å²) in [5, 5.41) is 9.45. The highest BCUT2D eigenvalue weighted by Crippen LogP contribution is 2.27. The molecule has 1 unspecified atom stereocenters. The molecule has 90 valence electrons. The quantitative estimate of drug-likeness (QED) is 0.781. The topological polar surface area (TPSA) is 36.3 Å². The molecule has 0 saturated carbocycles. The first-order valence-corrected chi connectivity index (χ1v) is 6.01. The fourth-order valence-corrected chi connectivity index (χ4v) is 2.42. The number of hydrogen-bond donors (Lipinski definition) is 0. The van der Waals surface area contributed by atoms with Gasteiger partial charge in [0.1, 0.15) is 6.04 Å². The SMILES string of the molecule is Cc1cccc(C)c1C(C#N)N1CCOCC1. The monoisotopic (exact) mass is 230 g/mol. The minimum absolute atomic E-state index is 0.139. The Morgan fingerprint density at radius 2 is 1.82 bits per heavy atom. The van der Waals surface area contributed by atoms with Crippen molar-refractivity contribution in [1.29, 1.82) is 5.26 Å². The fraction of sp³-hybridized carbons (Fsp3) is 0.500. The molecule has 0 spiro atoms. The Morgan fingerprint density at radius 1 is 1.24 bits per heavy atom. The van der Waals surface area contributed by atoms with Gasteiger partial charge in [0.25, 0.3) is 0 Å². The van der Waals surface area contributed by atoms with Crippen LogP contribution in [0.3, 0.4) is 0 Å². The van der Waals surface area contributed by atoms with Gasteiger partial charge in [-0.05, 0) is 30.5 Å². The summed E-state index contributed by atoms with van der Waals surface area (Å²) >= 11 is 0. The number of benzene rings is 1. The van der Waals surface area contributed by atoms with Crippen LogP contribution in [-0.2, 0) is 4.74 Å². The zero-order valence-electron chi connectivity index (χ0n) is 10.4. The molecule has 0 N–H and O–H groups in total. The van der Waals surface area contributed by atoms with Gasteiger partial charge in [-0.3, -0.25) is 4.90 Å². The summed E-state index contributed by atoms with van der Waals surface area (Å²) in [5.41, 5.74) is 3.56. The summed E-state index contributed by atoms with van der Waals surface area (Å²) in [4.78, 5) is 2.21. The molecule has 1 aliphatic rings. The first kappa shape index (κ1) is 12.1. The van der Waals surface area contributed by atoms with E-state index < -0.39 is 0 Å². The van der Waals surface area contributed by atoms with Crippen molar-refractivity contribution in [2.24, 2.45) is 0 Å². The molecule has 1 fully saturated rings. The van der Waals surface area contributed by atoms with E-state index in [0.717, 1.165) is 31.9 Å². The lowest BCUT2D eigenvalue weighted by Gasteiger charge is -2.32. The molecule has 0 radical (unpaired) electrons. The Kier molecular flexibility index (Phi) is 3.78. The number of morpholine rings is 1. The fourth-order valence-electron chi connectivity index (χ4n) is 2.42. The first-order valence-electron chi connectivity index (χ1n) is 6.01. The predicted octanol–water partition coefficient (Wildman–Crippen LogP) is 2.20. The van der Waals surface area contributed by atoms with Crippen molar-refractivity contribution in [3.8, 4) is 6.07 Å². The van der Waals surface area contributed by atoms with Crippen LogP contribution in [0.2, 0.25) is 0 Å². The summed E-state index contributed by atoms with van der Waals surface area (Å²) in [6.45, 7) is 7.28. The Bertz CT molecular complexity index is 410. The van der Waals surface area contributed by atoms with Crippen molar-refractivity contribution in [2.45, 2.75) is 19.9 Å². The van der Waals surface area contributed by atoms with Gasteiger partial charge in [-0.25, -0.2) is 0 Å². The molecule has 3 heteroatoms. The number of hydrogen-bond acceptors (Lipinski definition) is 3. The lowest BCUT2D eigenvalue weighted by Crippen LogP contribution is -2.39. The van der Waals surface area contributed by atoms with E-state index in [1.807, 2.05) is 6.07 Å². The van der Waals surface area contributed by atoms with Crippen molar-refractivity contribution in [2.75, 3.05) is 26.3 Å². The number of ether oxygens (including phenoxy) is 1. The van der Waals surface area contributed by atoms with Gasteiger partial charge in [0.15, 0.2) is 0 Å². The molecule has 1 aromatic rings. The second-order valence-corrected chi connectivity index (χ2v) is 4.49. The molecule has 1 atom stereocenters. The Labute approximate surface area is 103 Å². The average Bonchev–Trinajstić information content (AvgIpc) is 2.35. The highest BCUT2D eigenvalue weighted by Gasteiger charge is 2.24. The van der Waals surface area contributed by atoms with Gasteiger partial charge >= 0.3 is 0 Å². The van der Waals surface area contributed by atoms with Crippen LogP contribution in [0.1, 0.15) is 22.7 Å². The minimum Gasteiger partial charge on any atom is -0.379 e. The van der Waals surface area contributed by atoms with Gasteiger partial charge in [-0.15, -0.1) is 0 Å². The maximum atomic E-state index is 9.45. The van der Waals surface area contributed by atoms with E-state index in [1.54, 1.807) is 0 Å². The molecule has 0 aromatic heterocycles. The Morgan fingerprint density at radius 3 is 2.35 bits per heavy atom. The maximum Gasteiger partial charge on any atom is 0.124 e. The molecule has 1 aliphatic heterocycles. The van der Waals surface area contributed by atoms with E-state index in [1.165, 1.54) is 11.1 Å². The van der Waals surface area contributed by atoms with Crippen LogP contribution in [0.4, 0.5) is 0 Å². The number of nitriles is 1. The summed E-state index contributed by atoms with van der Waals surface area (Å²) in [7, 11) is 0. The number of aryl methyl sites for hydroxylation is 2. The van der Waals surface area contributed by atoms with Gasteiger partial charge in [-0.2, -0.15) is 5.26 Å². The van der Waals surface area contributed by atoms with Gasteiger partial charge in [0.2, 0.25) is 0 Å². The molecule has 0 aliphatic carbocycles. The van der Waals surface area contributed by atoms with E-state index in [4.69, 9.17) is 4.74 Å². The third-order valence-electron chi connectivity index (χ3n) is 3.35. The third-order valence-corrected chi connectivity index (χ3v) is 3.35. The molecule has 3 nitrogen and oxygen atoms in total. The second kappa shape index (κ2) is 5.31. The van der Waals surface area contributed by atoms with Crippen molar-refractivity contribution >= 4 is 0 Å². The summed E-state index contributed by atoms with van der Waals surface area (Å²) in [6.07, 6.45) is 0. The van der Waals surface area contributed by atoms with E-state index in [0.29, 0.717) is 0 Å². The molecule has 1 aromatic carbocycles. The lowest BCUT2D eigenvalue weighted by molar-refractivity contribution is 0.0264. The highest BCUT2D eigenvalue weighted by atomic mass is 16.5. The Hall–Kier alpha value is -1.37.